The fraction of sp³-hybridized carbons (Fsp3) is 0.435. The Labute approximate surface area is 172 Å². The molecular formula is C23H29N3O3. The summed E-state index contributed by atoms with van der Waals surface area (Å²) in [6.45, 7) is 3.72. The third kappa shape index (κ3) is 4.94. The first-order valence-corrected chi connectivity index (χ1v) is 10.2. The first-order chi connectivity index (χ1) is 14.0. The molecule has 0 spiro atoms. The first-order valence-electron chi connectivity index (χ1n) is 10.2. The van der Waals surface area contributed by atoms with Crippen LogP contribution in [0.3, 0.4) is 0 Å². The van der Waals surface area contributed by atoms with E-state index < -0.39 is 0 Å². The third-order valence-electron chi connectivity index (χ3n) is 5.31. The third-order valence-corrected chi connectivity index (χ3v) is 5.31. The molecule has 2 aromatic carbocycles. The van der Waals surface area contributed by atoms with Crippen LogP contribution in [0.1, 0.15) is 31.4 Å². The topological polar surface area (TPSA) is 54.0 Å². The van der Waals surface area contributed by atoms with Gasteiger partial charge in [0.2, 0.25) is 0 Å². The first kappa shape index (κ1) is 19.4. The maximum Gasteiger partial charge on any atom is 0.317 e. The van der Waals surface area contributed by atoms with Crippen molar-refractivity contribution in [2.45, 2.75) is 38.0 Å². The molecule has 1 aliphatic carbocycles. The molecule has 0 aromatic heterocycles. The minimum Gasteiger partial charge on any atom is -0.490 e. The van der Waals surface area contributed by atoms with Crippen LogP contribution in [0.5, 0.6) is 11.5 Å². The highest BCUT2D eigenvalue weighted by Crippen LogP contribution is 2.30. The van der Waals surface area contributed by atoms with Crippen molar-refractivity contribution in [2.75, 3.05) is 32.1 Å². The Morgan fingerprint density at radius 1 is 0.966 bits per heavy atom. The molecule has 0 bridgehead atoms. The number of hydrogen-bond acceptors (Lipinski definition) is 4. The molecule has 1 unspecified atom stereocenters. The number of amides is 2. The van der Waals surface area contributed by atoms with E-state index in [-0.39, 0.29) is 18.2 Å². The molecule has 29 heavy (non-hydrogen) atoms. The molecule has 1 aliphatic heterocycles. The Kier molecular flexibility index (Phi) is 5.51. The van der Waals surface area contributed by atoms with E-state index in [1.54, 1.807) is 14.1 Å². The average molecular weight is 396 g/mol. The molecule has 2 aromatic rings. The lowest BCUT2D eigenvalue weighted by Gasteiger charge is -2.40. The molecule has 1 heterocycles. The number of ether oxygens (including phenoxy) is 2. The van der Waals surface area contributed by atoms with Crippen LogP contribution in [0.25, 0.3) is 0 Å². The van der Waals surface area contributed by atoms with Crippen LogP contribution in [0.4, 0.5) is 10.5 Å². The summed E-state index contributed by atoms with van der Waals surface area (Å²) in [5.74, 6) is 1.82. The Morgan fingerprint density at radius 2 is 1.52 bits per heavy atom. The van der Waals surface area contributed by atoms with Gasteiger partial charge in [-0.15, -0.1) is 0 Å². The summed E-state index contributed by atoms with van der Waals surface area (Å²) in [5, 5.41) is 2.95. The van der Waals surface area contributed by atoms with Gasteiger partial charge in [0, 0.05) is 19.8 Å². The monoisotopic (exact) mass is 395 g/mol. The number of anilines is 1. The number of hydrogen-bond donors (Lipinski definition) is 1. The summed E-state index contributed by atoms with van der Waals surface area (Å²) in [7, 11) is 3.47. The smallest absolute Gasteiger partial charge is 0.317 e. The van der Waals surface area contributed by atoms with Gasteiger partial charge >= 0.3 is 6.03 Å². The summed E-state index contributed by atoms with van der Waals surface area (Å²) >= 11 is 0. The Hall–Kier alpha value is -2.89. The molecule has 2 fully saturated rings. The molecule has 6 nitrogen and oxygen atoms in total. The van der Waals surface area contributed by atoms with Gasteiger partial charge in [-0.2, -0.15) is 0 Å². The summed E-state index contributed by atoms with van der Waals surface area (Å²) in [4.78, 5) is 15.6. The van der Waals surface area contributed by atoms with Gasteiger partial charge in [0.05, 0.1) is 25.2 Å². The Morgan fingerprint density at radius 3 is 2.07 bits per heavy atom. The Bertz CT molecular complexity index is 825. The molecular weight excluding hydrogens is 366 g/mol. The molecule has 4 rings (SSSR count). The van der Waals surface area contributed by atoms with Crippen molar-refractivity contribution in [2.24, 2.45) is 0 Å². The number of carbonyl (C=O) groups excluding carboxylic acids is 1. The van der Waals surface area contributed by atoms with E-state index in [1.165, 1.54) is 23.4 Å². The second-order valence-electron chi connectivity index (χ2n) is 8.09. The van der Waals surface area contributed by atoms with Crippen molar-refractivity contribution >= 4 is 11.7 Å². The summed E-state index contributed by atoms with van der Waals surface area (Å²) in [6, 6.07) is 16.1. The van der Waals surface area contributed by atoms with Crippen LogP contribution in [0.2, 0.25) is 0 Å². The highest BCUT2D eigenvalue weighted by molar-refractivity contribution is 5.74. The standard InChI is InChI=1S/C23H29N3O3/c1-16(24-23(27)25(2)3)17-4-8-19(9-5-17)29-22-14-26(15-22)18-6-10-20(11-7-18)28-21-12-13-21/h4-11,16,21-22H,12-15H2,1-3H3,(H,24,27). The fourth-order valence-electron chi connectivity index (χ4n) is 3.26. The maximum absolute atomic E-state index is 11.8. The second-order valence-corrected chi connectivity index (χ2v) is 8.09. The zero-order chi connectivity index (χ0) is 20.4. The lowest BCUT2D eigenvalue weighted by atomic mass is 10.1. The van der Waals surface area contributed by atoms with Gasteiger partial charge in [-0.1, -0.05) is 12.1 Å². The SMILES string of the molecule is CC(NC(=O)N(C)C)c1ccc(OC2CN(c3ccc(OC4CC4)cc3)C2)cc1. The lowest BCUT2D eigenvalue weighted by Crippen LogP contribution is -2.54. The van der Waals surface area contributed by atoms with Gasteiger partial charge in [0.15, 0.2) is 0 Å². The molecule has 1 saturated carbocycles. The van der Waals surface area contributed by atoms with E-state index in [9.17, 15) is 4.79 Å². The second kappa shape index (κ2) is 8.23. The van der Waals surface area contributed by atoms with Crippen LogP contribution in [0, 0.1) is 0 Å². The van der Waals surface area contributed by atoms with Crippen molar-refractivity contribution in [1.82, 2.24) is 10.2 Å². The Balaban J connectivity index is 1.24. The van der Waals surface area contributed by atoms with E-state index in [2.05, 4.69) is 34.5 Å². The van der Waals surface area contributed by atoms with E-state index in [1.807, 2.05) is 31.2 Å². The number of nitrogens with zero attached hydrogens (tertiary/aromatic N) is 2. The number of nitrogens with one attached hydrogen (secondary N) is 1. The largest absolute Gasteiger partial charge is 0.490 e. The van der Waals surface area contributed by atoms with E-state index in [4.69, 9.17) is 9.47 Å². The minimum absolute atomic E-state index is 0.0509. The van der Waals surface area contributed by atoms with Gasteiger partial charge in [0.25, 0.3) is 0 Å². The van der Waals surface area contributed by atoms with Gasteiger partial charge in [-0.05, 0) is 61.7 Å². The van der Waals surface area contributed by atoms with Gasteiger partial charge < -0.3 is 24.6 Å². The fourth-order valence-corrected chi connectivity index (χ4v) is 3.26. The van der Waals surface area contributed by atoms with E-state index >= 15 is 0 Å². The van der Waals surface area contributed by atoms with E-state index in [0.29, 0.717) is 6.10 Å². The highest BCUT2D eigenvalue weighted by Gasteiger charge is 2.29. The zero-order valence-corrected chi connectivity index (χ0v) is 17.3. The number of benzene rings is 2. The van der Waals surface area contributed by atoms with Crippen LogP contribution in [-0.4, -0.2) is 50.3 Å². The van der Waals surface area contributed by atoms with E-state index in [0.717, 1.165) is 30.2 Å². The summed E-state index contributed by atoms with van der Waals surface area (Å²) in [5.41, 5.74) is 2.25. The van der Waals surface area contributed by atoms with Crippen LogP contribution in [0.15, 0.2) is 48.5 Å². The van der Waals surface area contributed by atoms with Crippen molar-refractivity contribution < 1.29 is 14.3 Å². The number of rotatable bonds is 7. The summed E-state index contributed by atoms with van der Waals surface area (Å²) < 4.78 is 11.9. The molecule has 1 saturated heterocycles. The molecule has 2 amide bonds. The minimum atomic E-state index is -0.0977. The van der Waals surface area contributed by atoms with Crippen LogP contribution < -0.4 is 19.7 Å². The van der Waals surface area contributed by atoms with Crippen molar-refractivity contribution in [3.63, 3.8) is 0 Å². The normalized spacial score (nSPS) is 17.3. The predicted octanol–water partition coefficient (Wildman–Crippen LogP) is 3.83. The number of carbonyl (C=O) groups is 1. The summed E-state index contributed by atoms with van der Waals surface area (Å²) in [6.07, 6.45) is 2.98. The maximum atomic E-state index is 11.8. The zero-order valence-electron chi connectivity index (χ0n) is 17.3. The average Bonchev–Trinajstić information content (AvgIpc) is 3.49. The van der Waals surface area contributed by atoms with Crippen molar-refractivity contribution in [3.8, 4) is 11.5 Å². The van der Waals surface area contributed by atoms with Crippen molar-refractivity contribution in [1.29, 1.82) is 0 Å². The molecule has 154 valence electrons. The number of urea groups is 1. The van der Waals surface area contributed by atoms with Gasteiger partial charge in [-0.25, -0.2) is 4.79 Å². The molecule has 1 atom stereocenters. The van der Waals surface area contributed by atoms with Gasteiger partial charge in [0.1, 0.15) is 17.6 Å². The van der Waals surface area contributed by atoms with Crippen molar-refractivity contribution in [3.05, 3.63) is 54.1 Å². The molecule has 6 heteroatoms. The highest BCUT2D eigenvalue weighted by atomic mass is 16.5. The predicted molar refractivity (Wildman–Crippen MR) is 114 cm³/mol. The quantitative estimate of drug-likeness (QED) is 0.774. The molecule has 0 radical (unpaired) electrons. The lowest BCUT2D eigenvalue weighted by molar-refractivity contribution is 0.167. The van der Waals surface area contributed by atoms with Crippen LogP contribution in [-0.2, 0) is 0 Å². The molecule has 1 N–H and O–H groups in total. The van der Waals surface area contributed by atoms with Gasteiger partial charge in [-0.3, -0.25) is 0 Å². The molecule has 2 aliphatic rings. The van der Waals surface area contributed by atoms with Crippen LogP contribution >= 0.6 is 0 Å².